The second-order valence-electron chi connectivity index (χ2n) is 7.17. The van der Waals surface area contributed by atoms with Gasteiger partial charge in [-0.2, -0.15) is 9.78 Å². The number of thiophene rings is 1. The molecule has 6 heteroatoms. The second-order valence-corrected chi connectivity index (χ2v) is 8.17. The average Bonchev–Trinajstić information content (AvgIpc) is 3.25. The molecule has 5 rings (SSSR count). The number of rotatable bonds is 2. The van der Waals surface area contributed by atoms with Crippen LogP contribution in [0.1, 0.15) is 33.9 Å². The minimum Gasteiger partial charge on any atom is -0.330 e. The highest BCUT2D eigenvalue weighted by Gasteiger charge is 2.31. The van der Waals surface area contributed by atoms with Crippen LogP contribution in [0.3, 0.4) is 0 Å². The lowest BCUT2D eigenvalue weighted by molar-refractivity contribution is 0.0673. The molecule has 144 valence electrons. The van der Waals surface area contributed by atoms with Gasteiger partial charge in [0, 0.05) is 16.8 Å². The molecule has 0 saturated carbocycles. The lowest BCUT2D eigenvalue weighted by Gasteiger charge is -2.33. The molecule has 0 N–H and O–H groups in total. The maximum absolute atomic E-state index is 13.6. The lowest BCUT2D eigenvalue weighted by Crippen LogP contribution is -2.39. The third kappa shape index (κ3) is 2.87. The quantitative estimate of drug-likeness (QED) is 0.506. The van der Waals surface area contributed by atoms with E-state index in [1.807, 2.05) is 47.4 Å². The zero-order valence-corrected chi connectivity index (χ0v) is 16.7. The highest BCUT2D eigenvalue weighted by atomic mass is 32.1. The first-order chi connectivity index (χ1) is 14.1. The summed E-state index contributed by atoms with van der Waals surface area (Å²) >= 11 is 1.74. The van der Waals surface area contributed by atoms with E-state index < -0.39 is 0 Å². The highest BCUT2D eigenvalue weighted by Crippen LogP contribution is 2.34. The number of fused-ring (bicyclic) bond motifs is 2. The van der Waals surface area contributed by atoms with Gasteiger partial charge in [-0.05, 0) is 48.6 Å². The zero-order chi connectivity index (χ0) is 20.0. The Morgan fingerprint density at radius 1 is 1.03 bits per heavy atom. The van der Waals surface area contributed by atoms with Crippen LogP contribution in [-0.4, -0.2) is 27.1 Å². The smallest absolute Gasteiger partial charge is 0.279 e. The summed E-state index contributed by atoms with van der Waals surface area (Å²) in [5.41, 5.74) is 1.93. The predicted octanol–water partition coefficient (Wildman–Crippen LogP) is 4.21. The standard InChI is InChI=1S/C23H19N3O2S/c1-15-17-12-14-29-20(17)11-13-25(15)23(28)21-18-9-5-6-10-19(18)22(27)26(24-21)16-7-3-2-4-8-16/h2-10,12,14-15H,11,13H2,1H3. The van der Waals surface area contributed by atoms with Crippen LogP contribution in [0, 0.1) is 0 Å². The van der Waals surface area contributed by atoms with Crippen molar-refractivity contribution >= 4 is 28.0 Å². The third-order valence-electron chi connectivity index (χ3n) is 5.55. The molecular weight excluding hydrogens is 382 g/mol. The summed E-state index contributed by atoms with van der Waals surface area (Å²) in [6.07, 6.45) is 0.847. The van der Waals surface area contributed by atoms with Crippen LogP contribution in [-0.2, 0) is 6.42 Å². The number of carbonyl (C=O) groups excluding carboxylic acids is 1. The number of aromatic nitrogens is 2. The van der Waals surface area contributed by atoms with Crippen molar-refractivity contribution in [2.24, 2.45) is 0 Å². The summed E-state index contributed by atoms with van der Waals surface area (Å²) in [6.45, 7) is 2.70. The van der Waals surface area contributed by atoms with Gasteiger partial charge >= 0.3 is 0 Å². The van der Waals surface area contributed by atoms with Gasteiger partial charge in [0.1, 0.15) is 0 Å². The Morgan fingerprint density at radius 2 is 1.76 bits per heavy atom. The van der Waals surface area contributed by atoms with Crippen molar-refractivity contribution in [2.75, 3.05) is 6.54 Å². The molecule has 0 saturated heterocycles. The Morgan fingerprint density at radius 3 is 2.55 bits per heavy atom. The molecular formula is C23H19N3O2S. The van der Waals surface area contributed by atoms with E-state index in [1.165, 1.54) is 15.1 Å². The van der Waals surface area contributed by atoms with E-state index >= 15 is 0 Å². The van der Waals surface area contributed by atoms with Gasteiger partial charge in [-0.1, -0.05) is 36.4 Å². The molecule has 2 aromatic heterocycles. The van der Waals surface area contributed by atoms with Gasteiger partial charge in [0.15, 0.2) is 5.69 Å². The van der Waals surface area contributed by atoms with Crippen LogP contribution in [0.25, 0.3) is 16.5 Å². The van der Waals surface area contributed by atoms with E-state index in [4.69, 9.17) is 0 Å². The van der Waals surface area contributed by atoms with Gasteiger partial charge in [-0.15, -0.1) is 11.3 Å². The van der Waals surface area contributed by atoms with E-state index in [9.17, 15) is 9.59 Å². The zero-order valence-electron chi connectivity index (χ0n) is 15.9. The molecule has 1 aliphatic rings. The third-order valence-corrected chi connectivity index (χ3v) is 6.54. The normalized spacial score (nSPS) is 16.0. The van der Waals surface area contributed by atoms with Crippen LogP contribution in [0.5, 0.6) is 0 Å². The van der Waals surface area contributed by atoms with E-state index in [0.29, 0.717) is 28.7 Å². The molecule has 0 spiro atoms. The maximum Gasteiger partial charge on any atom is 0.279 e. The van der Waals surface area contributed by atoms with Crippen LogP contribution in [0.4, 0.5) is 0 Å². The van der Waals surface area contributed by atoms with Crippen molar-refractivity contribution in [3.05, 3.63) is 92.5 Å². The summed E-state index contributed by atoms with van der Waals surface area (Å²) in [4.78, 5) is 29.9. The fourth-order valence-corrected chi connectivity index (χ4v) is 4.98. The van der Waals surface area contributed by atoms with Crippen LogP contribution in [0.15, 0.2) is 70.8 Å². The van der Waals surface area contributed by atoms with Crippen LogP contribution < -0.4 is 5.56 Å². The number of amides is 1. The van der Waals surface area contributed by atoms with Gasteiger partial charge in [0.25, 0.3) is 11.5 Å². The first-order valence-corrected chi connectivity index (χ1v) is 10.5. The van der Waals surface area contributed by atoms with E-state index in [0.717, 1.165) is 6.42 Å². The molecule has 0 fully saturated rings. The van der Waals surface area contributed by atoms with Crippen molar-refractivity contribution in [2.45, 2.75) is 19.4 Å². The number of benzene rings is 2. The molecule has 0 bridgehead atoms. The Bertz CT molecular complexity index is 1280. The number of nitrogens with zero attached hydrogens (tertiary/aromatic N) is 3. The molecule has 0 radical (unpaired) electrons. The molecule has 4 aromatic rings. The van der Waals surface area contributed by atoms with Gasteiger partial charge < -0.3 is 4.90 Å². The summed E-state index contributed by atoms with van der Waals surface area (Å²) in [6, 6.07) is 18.5. The summed E-state index contributed by atoms with van der Waals surface area (Å²) in [7, 11) is 0. The number of hydrogen-bond acceptors (Lipinski definition) is 4. The molecule has 29 heavy (non-hydrogen) atoms. The first-order valence-electron chi connectivity index (χ1n) is 9.60. The Kier molecular flexibility index (Phi) is 4.28. The van der Waals surface area contributed by atoms with Crippen LogP contribution >= 0.6 is 11.3 Å². The van der Waals surface area contributed by atoms with E-state index in [2.05, 4.69) is 23.5 Å². The molecule has 3 heterocycles. The Balaban J connectivity index is 1.68. The van der Waals surface area contributed by atoms with Crippen molar-refractivity contribution < 1.29 is 4.79 Å². The highest BCUT2D eigenvalue weighted by molar-refractivity contribution is 7.10. The molecule has 1 amide bonds. The Labute approximate surface area is 171 Å². The van der Waals surface area contributed by atoms with Crippen molar-refractivity contribution in [1.29, 1.82) is 0 Å². The average molecular weight is 401 g/mol. The van der Waals surface area contributed by atoms with Gasteiger partial charge in [-0.25, -0.2) is 0 Å². The SMILES string of the molecule is CC1c2ccsc2CCN1C(=O)c1nn(-c2ccccc2)c(=O)c2ccccc12. The Hall–Kier alpha value is -3.25. The fraction of sp³-hybridized carbons (Fsp3) is 0.174. The van der Waals surface area contributed by atoms with Crippen molar-refractivity contribution in [3.63, 3.8) is 0 Å². The molecule has 1 aliphatic heterocycles. The monoisotopic (exact) mass is 401 g/mol. The molecule has 2 aromatic carbocycles. The van der Waals surface area contributed by atoms with E-state index in [1.54, 1.807) is 23.5 Å². The van der Waals surface area contributed by atoms with Gasteiger partial charge in [0.05, 0.1) is 17.1 Å². The fourth-order valence-electron chi connectivity index (χ4n) is 4.01. The molecule has 5 nitrogen and oxygen atoms in total. The topological polar surface area (TPSA) is 55.2 Å². The minimum absolute atomic E-state index is 0.0184. The second kappa shape index (κ2) is 6.97. The van der Waals surface area contributed by atoms with Crippen molar-refractivity contribution in [1.82, 2.24) is 14.7 Å². The first kappa shape index (κ1) is 17.8. The van der Waals surface area contributed by atoms with Crippen LogP contribution in [0.2, 0.25) is 0 Å². The number of carbonyl (C=O) groups is 1. The van der Waals surface area contributed by atoms with Gasteiger partial charge in [-0.3, -0.25) is 9.59 Å². The molecule has 0 aliphatic carbocycles. The van der Waals surface area contributed by atoms with Crippen molar-refractivity contribution in [3.8, 4) is 5.69 Å². The van der Waals surface area contributed by atoms with E-state index in [-0.39, 0.29) is 17.5 Å². The summed E-state index contributed by atoms with van der Waals surface area (Å²) in [5, 5.41) is 7.71. The summed E-state index contributed by atoms with van der Waals surface area (Å²) < 4.78 is 1.33. The van der Waals surface area contributed by atoms with Gasteiger partial charge in [0.2, 0.25) is 0 Å². The molecule has 1 unspecified atom stereocenters. The number of hydrogen-bond donors (Lipinski definition) is 0. The lowest BCUT2D eigenvalue weighted by atomic mass is 10.0. The maximum atomic E-state index is 13.6. The summed E-state index contributed by atoms with van der Waals surface area (Å²) in [5.74, 6) is -0.143. The minimum atomic E-state index is -0.227. The molecule has 1 atom stereocenters. The number of para-hydroxylation sites is 1. The largest absolute Gasteiger partial charge is 0.330 e. The predicted molar refractivity (Wildman–Crippen MR) is 115 cm³/mol.